The largest absolute Gasteiger partial charge is 0.481 e. The van der Waals surface area contributed by atoms with Crippen LogP contribution in [-0.2, 0) is 11.3 Å². The van der Waals surface area contributed by atoms with Gasteiger partial charge in [-0.3, -0.25) is 9.48 Å². The number of carbonyl (C=O) groups excluding carboxylic acids is 1. The van der Waals surface area contributed by atoms with Crippen molar-refractivity contribution in [1.82, 2.24) is 20.0 Å². The molecule has 1 rings (SSSR count). The zero-order valence-electron chi connectivity index (χ0n) is 12.9. The van der Waals surface area contributed by atoms with Crippen LogP contribution in [0.15, 0.2) is 6.07 Å². The van der Waals surface area contributed by atoms with E-state index in [0.717, 1.165) is 24.4 Å². The van der Waals surface area contributed by atoms with Crippen LogP contribution in [0.1, 0.15) is 30.7 Å². The molecule has 0 aliphatic carbocycles. The Hall–Kier alpha value is -2.05. The molecule has 118 valence electrons. The Morgan fingerprint density at radius 3 is 2.67 bits per heavy atom. The molecule has 2 N–H and O–H groups in total. The lowest BCUT2D eigenvalue weighted by Crippen LogP contribution is -2.38. The summed E-state index contributed by atoms with van der Waals surface area (Å²) in [7, 11) is 1.66. The second-order valence-corrected chi connectivity index (χ2v) is 5.15. The molecule has 1 aromatic rings. The molecular formula is C14H24N4O3. The first-order valence-electron chi connectivity index (χ1n) is 7.12. The summed E-state index contributed by atoms with van der Waals surface area (Å²) in [6, 6.07) is 1.85. The Balaban J connectivity index is 2.18. The van der Waals surface area contributed by atoms with Crippen molar-refractivity contribution in [2.75, 3.05) is 20.1 Å². The minimum atomic E-state index is -0.839. The number of aliphatic carboxylic acids is 1. The highest BCUT2D eigenvalue weighted by Gasteiger charge is 2.08. The van der Waals surface area contributed by atoms with E-state index >= 15 is 0 Å². The molecule has 7 nitrogen and oxygen atoms in total. The summed E-state index contributed by atoms with van der Waals surface area (Å²) in [5.41, 5.74) is 2.11. The first-order chi connectivity index (χ1) is 9.90. The molecule has 0 bridgehead atoms. The number of hydrogen-bond acceptors (Lipinski definition) is 3. The van der Waals surface area contributed by atoms with E-state index in [1.165, 1.54) is 4.90 Å². The third kappa shape index (κ3) is 6.29. The van der Waals surface area contributed by atoms with Crippen molar-refractivity contribution in [2.24, 2.45) is 0 Å². The number of urea groups is 1. The molecule has 0 aromatic carbocycles. The quantitative estimate of drug-likeness (QED) is 0.710. The van der Waals surface area contributed by atoms with Crippen LogP contribution < -0.4 is 5.32 Å². The van der Waals surface area contributed by atoms with Gasteiger partial charge in [-0.25, -0.2) is 4.79 Å². The number of carboxylic acid groups (broad SMARTS) is 1. The van der Waals surface area contributed by atoms with Crippen LogP contribution in [-0.4, -0.2) is 51.9 Å². The van der Waals surface area contributed by atoms with E-state index < -0.39 is 5.97 Å². The molecule has 1 heterocycles. The number of nitrogens with zero attached hydrogens (tertiary/aromatic N) is 3. The smallest absolute Gasteiger partial charge is 0.317 e. The molecule has 0 atom stereocenters. The third-order valence-corrected chi connectivity index (χ3v) is 3.16. The highest BCUT2D eigenvalue weighted by molar-refractivity contribution is 5.73. The molecule has 0 saturated heterocycles. The van der Waals surface area contributed by atoms with E-state index in [4.69, 9.17) is 5.11 Å². The molecule has 0 aliphatic rings. The monoisotopic (exact) mass is 296 g/mol. The molecule has 2 amide bonds. The number of carboxylic acids is 1. The van der Waals surface area contributed by atoms with Crippen molar-refractivity contribution in [3.63, 3.8) is 0 Å². The molecular weight excluding hydrogens is 272 g/mol. The van der Waals surface area contributed by atoms with Crippen LogP contribution in [0, 0.1) is 13.8 Å². The summed E-state index contributed by atoms with van der Waals surface area (Å²) in [5, 5.41) is 15.7. The zero-order chi connectivity index (χ0) is 15.8. The van der Waals surface area contributed by atoms with Crippen LogP contribution in [0.3, 0.4) is 0 Å². The number of nitrogens with one attached hydrogen (secondary N) is 1. The summed E-state index contributed by atoms with van der Waals surface area (Å²) in [4.78, 5) is 23.7. The van der Waals surface area contributed by atoms with Gasteiger partial charge in [0.05, 0.1) is 5.69 Å². The second-order valence-electron chi connectivity index (χ2n) is 5.15. The average Bonchev–Trinajstić information content (AvgIpc) is 2.72. The fraction of sp³-hybridized carbons (Fsp3) is 0.643. The maximum Gasteiger partial charge on any atom is 0.317 e. The molecule has 0 saturated carbocycles. The third-order valence-electron chi connectivity index (χ3n) is 3.16. The summed E-state index contributed by atoms with van der Waals surface area (Å²) in [6.07, 6.45) is 1.34. The van der Waals surface area contributed by atoms with Gasteiger partial charge in [0, 0.05) is 38.8 Å². The number of rotatable bonds is 8. The van der Waals surface area contributed by atoms with Crippen LogP contribution in [0.4, 0.5) is 4.79 Å². The predicted molar refractivity (Wildman–Crippen MR) is 79.2 cm³/mol. The van der Waals surface area contributed by atoms with Gasteiger partial charge in [0.25, 0.3) is 0 Å². The maximum atomic E-state index is 11.7. The van der Waals surface area contributed by atoms with E-state index in [9.17, 15) is 9.59 Å². The average molecular weight is 296 g/mol. The predicted octanol–water partition coefficient (Wildman–Crippen LogP) is 1.40. The highest BCUT2D eigenvalue weighted by atomic mass is 16.4. The summed E-state index contributed by atoms with van der Waals surface area (Å²) >= 11 is 0. The molecule has 0 aliphatic heterocycles. The van der Waals surface area contributed by atoms with Gasteiger partial charge in [-0.05, 0) is 32.8 Å². The highest BCUT2D eigenvalue weighted by Crippen LogP contribution is 2.02. The normalized spacial score (nSPS) is 10.4. The van der Waals surface area contributed by atoms with E-state index in [0.29, 0.717) is 19.5 Å². The van der Waals surface area contributed by atoms with Crippen LogP contribution in [0.2, 0.25) is 0 Å². The van der Waals surface area contributed by atoms with Gasteiger partial charge in [0.15, 0.2) is 0 Å². The van der Waals surface area contributed by atoms with Crippen molar-refractivity contribution in [3.8, 4) is 0 Å². The van der Waals surface area contributed by atoms with Gasteiger partial charge in [0.1, 0.15) is 0 Å². The zero-order valence-corrected chi connectivity index (χ0v) is 12.9. The van der Waals surface area contributed by atoms with E-state index in [2.05, 4.69) is 10.4 Å². The lowest BCUT2D eigenvalue weighted by molar-refractivity contribution is -0.137. The topological polar surface area (TPSA) is 87.5 Å². The van der Waals surface area contributed by atoms with Gasteiger partial charge in [0.2, 0.25) is 0 Å². The van der Waals surface area contributed by atoms with Crippen LogP contribution in [0.5, 0.6) is 0 Å². The molecule has 21 heavy (non-hydrogen) atoms. The molecule has 7 heteroatoms. The number of amides is 2. The Labute approximate surface area is 124 Å². The number of hydrogen-bond donors (Lipinski definition) is 2. The van der Waals surface area contributed by atoms with Gasteiger partial charge < -0.3 is 15.3 Å². The molecule has 1 aromatic heterocycles. The van der Waals surface area contributed by atoms with Crippen molar-refractivity contribution < 1.29 is 14.7 Å². The standard InChI is InChI=1S/C14H24N4O3/c1-11-10-12(2)18(16-11)9-5-7-15-14(21)17(3)8-4-6-13(19)20/h10H,4-9H2,1-3H3,(H,15,21)(H,19,20). The van der Waals surface area contributed by atoms with Crippen molar-refractivity contribution in [3.05, 3.63) is 17.5 Å². The number of aromatic nitrogens is 2. The number of carbonyl (C=O) groups is 2. The van der Waals surface area contributed by atoms with E-state index in [1.54, 1.807) is 7.05 Å². The summed E-state index contributed by atoms with van der Waals surface area (Å²) in [5.74, 6) is -0.839. The lowest BCUT2D eigenvalue weighted by atomic mass is 10.3. The van der Waals surface area contributed by atoms with E-state index in [1.807, 2.05) is 24.6 Å². The SMILES string of the molecule is Cc1cc(C)n(CCCNC(=O)N(C)CCCC(=O)O)n1. The van der Waals surface area contributed by atoms with Crippen LogP contribution in [0.25, 0.3) is 0 Å². The fourth-order valence-electron chi connectivity index (χ4n) is 2.03. The Kier molecular flexibility index (Phi) is 6.71. The summed E-state index contributed by atoms with van der Waals surface area (Å²) < 4.78 is 1.93. The van der Waals surface area contributed by atoms with Gasteiger partial charge in [-0.1, -0.05) is 0 Å². The van der Waals surface area contributed by atoms with Gasteiger partial charge in [-0.2, -0.15) is 5.10 Å². The minimum Gasteiger partial charge on any atom is -0.481 e. The molecule has 0 radical (unpaired) electrons. The second kappa shape index (κ2) is 8.28. The molecule has 0 spiro atoms. The van der Waals surface area contributed by atoms with Crippen LogP contribution >= 0.6 is 0 Å². The number of aryl methyl sites for hydroxylation is 3. The van der Waals surface area contributed by atoms with Crippen molar-refractivity contribution in [2.45, 2.75) is 39.7 Å². The molecule has 0 fully saturated rings. The van der Waals surface area contributed by atoms with Gasteiger partial charge >= 0.3 is 12.0 Å². The Morgan fingerprint density at radius 1 is 1.38 bits per heavy atom. The summed E-state index contributed by atoms with van der Waals surface area (Å²) in [6.45, 7) is 5.74. The molecule has 0 unspecified atom stereocenters. The van der Waals surface area contributed by atoms with E-state index in [-0.39, 0.29) is 12.5 Å². The first kappa shape index (κ1) is 17.0. The van der Waals surface area contributed by atoms with Crippen molar-refractivity contribution >= 4 is 12.0 Å². The van der Waals surface area contributed by atoms with Gasteiger partial charge in [-0.15, -0.1) is 0 Å². The Bertz CT molecular complexity index is 485. The fourth-order valence-corrected chi connectivity index (χ4v) is 2.03. The maximum absolute atomic E-state index is 11.7. The Morgan fingerprint density at radius 2 is 2.10 bits per heavy atom. The lowest BCUT2D eigenvalue weighted by Gasteiger charge is -2.17. The van der Waals surface area contributed by atoms with Crippen molar-refractivity contribution in [1.29, 1.82) is 0 Å². The minimum absolute atomic E-state index is 0.0789. The first-order valence-corrected chi connectivity index (χ1v) is 7.12.